The molecular formula is C25H37N3O4S. The molecule has 1 aromatic rings. The summed E-state index contributed by atoms with van der Waals surface area (Å²) in [6.45, 7) is 9.86. The van der Waals surface area contributed by atoms with Gasteiger partial charge in [-0.05, 0) is 51.8 Å². The zero-order valence-electron chi connectivity index (χ0n) is 20.3. The molecule has 2 atom stereocenters. The Morgan fingerprint density at radius 3 is 2.27 bits per heavy atom. The van der Waals surface area contributed by atoms with Gasteiger partial charge in [0.2, 0.25) is 11.8 Å². The Hall–Kier alpha value is -2.66. The number of carbonyl (C=O) groups excluding carboxylic acids is 3. The summed E-state index contributed by atoms with van der Waals surface area (Å²) in [7, 11) is 0. The van der Waals surface area contributed by atoms with E-state index >= 15 is 0 Å². The number of unbranched alkanes of at least 4 members (excludes halogenated alkanes) is 2. The first kappa shape index (κ1) is 28.4. The molecule has 33 heavy (non-hydrogen) atoms. The number of nitrogens with zero attached hydrogens (tertiary/aromatic N) is 1. The first-order chi connectivity index (χ1) is 15.6. The quantitative estimate of drug-likeness (QED) is 0.259. The van der Waals surface area contributed by atoms with Crippen LogP contribution >= 0.6 is 12.6 Å². The van der Waals surface area contributed by atoms with Crippen LogP contribution in [-0.2, 0) is 14.3 Å². The van der Waals surface area contributed by atoms with Crippen molar-refractivity contribution in [2.45, 2.75) is 71.6 Å². The lowest BCUT2D eigenvalue weighted by molar-refractivity contribution is -0.141. The molecule has 0 radical (unpaired) electrons. The first-order valence-electron chi connectivity index (χ1n) is 11.3. The van der Waals surface area contributed by atoms with Gasteiger partial charge < -0.3 is 20.3 Å². The fraction of sp³-hybridized carbons (Fsp3) is 0.560. The average Bonchev–Trinajstić information content (AvgIpc) is 2.77. The molecule has 0 spiro atoms. The molecule has 0 aromatic heterocycles. The number of amides is 3. The highest BCUT2D eigenvalue weighted by Crippen LogP contribution is 2.23. The van der Waals surface area contributed by atoms with Gasteiger partial charge in [0, 0.05) is 24.4 Å². The zero-order chi connectivity index (χ0) is 25.0. The SMILES string of the molecule is C#Cc1ccc(C(C(=O)NCCCCC)N(CC)C(=O)C(CS)NC(=O)OC(C)(C)C)cc1. The maximum atomic E-state index is 13.4. The third-order valence-electron chi connectivity index (χ3n) is 4.83. The maximum Gasteiger partial charge on any atom is 0.408 e. The molecule has 1 aromatic carbocycles. The maximum absolute atomic E-state index is 13.4. The minimum absolute atomic E-state index is 0.0510. The molecule has 8 heteroatoms. The van der Waals surface area contributed by atoms with Crippen LogP contribution in [0.15, 0.2) is 24.3 Å². The number of rotatable bonds is 11. The molecule has 0 aliphatic rings. The molecule has 2 N–H and O–H groups in total. The Morgan fingerprint density at radius 1 is 1.15 bits per heavy atom. The molecule has 0 aliphatic heterocycles. The van der Waals surface area contributed by atoms with Gasteiger partial charge in [-0.15, -0.1) is 6.42 Å². The van der Waals surface area contributed by atoms with E-state index in [2.05, 4.69) is 36.1 Å². The van der Waals surface area contributed by atoms with Gasteiger partial charge in [0.15, 0.2) is 0 Å². The predicted molar refractivity (Wildman–Crippen MR) is 134 cm³/mol. The summed E-state index contributed by atoms with van der Waals surface area (Å²) in [5.41, 5.74) is 0.598. The normalized spacial score (nSPS) is 12.8. The second-order valence-corrected chi connectivity index (χ2v) is 9.04. The molecule has 1 rings (SSSR count). The summed E-state index contributed by atoms with van der Waals surface area (Å²) in [6, 6.07) is 5.14. The van der Waals surface area contributed by atoms with Crippen LogP contribution in [0.2, 0.25) is 0 Å². The van der Waals surface area contributed by atoms with Crippen LogP contribution in [0.5, 0.6) is 0 Å². The minimum Gasteiger partial charge on any atom is -0.444 e. The Balaban J connectivity index is 3.19. The van der Waals surface area contributed by atoms with E-state index in [1.54, 1.807) is 52.0 Å². The molecule has 0 fully saturated rings. The Labute approximate surface area is 203 Å². The second kappa shape index (κ2) is 13.8. The number of carbonyl (C=O) groups is 3. The molecule has 0 saturated carbocycles. The highest BCUT2D eigenvalue weighted by atomic mass is 32.1. The molecule has 182 valence electrons. The highest BCUT2D eigenvalue weighted by Gasteiger charge is 2.34. The van der Waals surface area contributed by atoms with Crippen LogP contribution in [0.3, 0.4) is 0 Å². The monoisotopic (exact) mass is 475 g/mol. The molecule has 0 aliphatic carbocycles. The van der Waals surface area contributed by atoms with Crippen LogP contribution < -0.4 is 10.6 Å². The van der Waals surface area contributed by atoms with Gasteiger partial charge in [-0.1, -0.05) is 37.8 Å². The lowest BCUT2D eigenvalue weighted by Crippen LogP contribution is -2.53. The number of hydrogen-bond donors (Lipinski definition) is 3. The van der Waals surface area contributed by atoms with Crippen LogP contribution in [0.1, 0.15) is 71.0 Å². The van der Waals surface area contributed by atoms with E-state index in [9.17, 15) is 14.4 Å². The van der Waals surface area contributed by atoms with E-state index in [1.807, 2.05) is 0 Å². The lowest BCUT2D eigenvalue weighted by atomic mass is 10.0. The van der Waals surface area contributed by atoms with E-state index in [-0.39, 0.29) is 18.2 Å². The largest absolute Gasteiger partial charge is 0.444 e. The molecular weight excluding hydrogens is 438 g/mol. The molecule has 7 nitrogen and oxygen atoms in total. The van der Waals surface area contributed by atoms with Crippen LogP contribution in [0.4, 0.5) is 4.79 Å². The van der Waals surface area contributed by atoms with E-state index in [0.717, 1.165) is 19.3 Å². The standard InChI is InChI=1S/C25H37N3O4S/c1-7-10-11-16-26-22(29)21(19-14-12-18(8-2)13-15-19)28(9-3)23(30)20(17-33)27-24(31)32-25(4,5)6/h2,12-15,20-21,33H,7,9-11,16-17H2,1,3-6H3,(H,26,29)(H,27,31). The number of hydrogen-bond acceptors (Lipinski definition) is 5. The van der Waals surface area contributed by atoms with E-state index < -0.39 is 29.7 Å². The van der Waals surface area contributed by atoms with Gasteiger partial charge in [0.05, 0.1) is 0 Å². The smallest absolute Gasteiger partial charge is 0.408 e. The van der Waals surface area contributed by atoms with Crippen molar-refractivity contribution < 1.29 is 19.1 Å². The topological polar surface area (TPSA) is 87.7 Å². The summed E-state index contributed by atoms with van der Waals surface area (Å²) in [4.78, 5) is 40.3. The van der Waals surface area contributed by atoms with E-state index in [4.69, 9.17) is 11.2 Å². The van der Waals surface area contributed by atoms with Crippen LogP contribution in [0.25, 0.3) is 0 Å². The number of benzene rings is 1. The summed E-state index contributed by atoms with van der Waals surface area (Å²) >= 11 is 4.25. The van der Waals surface area contributed by atoms with Crippen molar-refractivity contribution in [3.05, 3.63) is 35.4 Å². The van der Waals surface area contributed by atoms with Crippen molar-refractivity contribution in [2.24, 2.45) is 0 Å². The fourth-order valence-corrected chi connectivity index (χ4v) is 3.47. The number of thiol groups is 1. The Morgan fingerprint density at radius 2 is 1.79 bits per heavy atom. The van der Waals surface area contributed by atoms with Crippen molar-refractivity contribution in [1.82, 2.24) is 15.5 Å². The summed E-state index contributed by atoms with van der Waals surface area (Å²) in [5, 5.41) is 5.51. The van der Waals surface area contributed by atoms with Gasteiger partial charge in [0.1, 0.15) is 17.7 Å². The number of alkyl carbamates (subject to hydrolysis) is 1. The Bertz CT molecular complexity index is 828. The second-order valence-electron chi connectivity index (χ2n) is 8.67. The zero-order valence-corrected chi connectivity index (χ0v) is 21.2. The molecule has 0 heterocycles. The van der Waals surface area contributed by atoms with Gasteiger partial charge in [-0.25, -0.2) is 4.79 Å². The van der Waals surface area contributed by atoms with Crippen molar-refractivity contribution in [3.63, 3.8) is 0 Å². The average molecular weight is 476 g/mol. The summed E-state index contributed by atoms with van der Waals surface area (Å²) < 4.78 is 5.27. The van der Waals surface area contributed by atoms with Crippen molar-refractivity contribution in [3.8, 4) is 12.3 Å². The van der Waals surface area contributed by atoms with Gasteiger partial charge in [-0.3, -0.25) is 9.59 Å². The molecule has 0 saturated heterocycles. The highest BCUT2D eigenvalue weighted by molar-refractivity contribution is 7.80. The van der Waals surface area contributed by atoms with Gasteiger partial charge in [-0.2, -0.15) is 12.6 Å². The summed E-state index contributed by atoms with van der Waals surface area (Å²) in [6.07, 6.45) is 7.63. The number of ether oxygens (including phenoxy) is 1. The minimum atomic E-state index is -0.955. The number of nitrogens with one attached hydrogen (secondary N) is 2. The summed E-state index contributed by atoms with van der Waals surface area (Å²) in [5.74, 6) is 1.89. The van der Waals surface area contributed by atoms with Crippen molar-refractivity contribution in [1.29, 1.82) is 0 Å². The number of terminal acetylenes is 1. The Kier molecular flexibility index (Phi) is 11.9. The van der Waals surface area contributed by atoms with Gasteiger partial charge >= 0.3 is 6.09 Å². The third kappa shape index (κ3) is 9.39. The van der Waals surface area contributed by atoms with Crippen LogP contribution in [-0.4, -0.2) is 53.3 Å². The van der Waals surface area contributed by atoms with Crippen LogP contribution in [0, 0.1) is 12.3 Å². The third-order valence-corrected chi connectivity index (χ3v) is 5.19. The van der Waals surface area contributed by atoms with Crippen molar-refractivity contribution in [2.75, 3.05) is 18.8 Å². The lowest BCUT2D eigenvalue weighted by Gasteiger charge is -2.33. The van der Waals surface area contributed by atoms with E-state index in [0.29, 0.717) is 17.7 Å². The number of likely N-dealkylation sites (N-methyl/N-ethyl adjacent to an activating group) is 1. The van der Waals surface area contributed by atoms with E-state index in [1.165, 1.54) is 4.90 Å². The van der Waals surface area contributed by atoms with Crippen molar-refractivity contribution >= 4 is 30.5 Å². The fourth-order valence-electron chi connectivity index (χ4n) is 3.22. The molecule has 3 amide bonds. The predicted octanol–water partition coefficient (Wildman–Crippen LogP) is 3.69. The molecule has 0 bridgehead atoms. The first-order valence-corrected chi connectivity index (χ1v) is 12.0. The van der Waals surface area contributed by atoms with Gasteiger partial charge in [0.25, 0.3) is 0 Å². The molecule has 2 unspecified atom stereocenters.